The van der Waals surface area contributed by atoms with E-state index in [9.17, 15) is 4.79 Å². The Balaban J connectivity index is 1.16. The minimum Gasteiger partial charge on any atom is -0.370 e. The maximum Gasteiger partial charge on any atom is 0.227 e. The number of anilines is 2. The van der Waals surface area contributed by atoms with Crippen LogP contribution in [0.15, 0.2) is 72.1 Å². The van der Waals surface area contributed by atoms with Crippen LogP contribution in [0.2, 0.25) is 0 Å². The minimum absolute atomic E-state index is 0.0554. The molecule has 0 unspecified atom stereocenters. The smallest absolute Gasteiger partial charge is 0.227 e. The molecule has 4 nitrogen and oxygen atoms in total. The summed E-state index contributed by atoms with van der Waals surface area (Å²) < 4.78 is 1.32. The summed E-state index contributed by atoms with van der Waals surface area (Å²) >= 11 is 1.80. The van der Waals surface area contributed by atoms with E-state index in [1.54, 1.807) is 11.3 Å². The molecule has 1 saturated heterocycles. The van der Waals surface area contributed by atoms with Crippen LogP contribution in [0.3, 0.4) is 0 Å². The summed E-state index contributed by atoms with van der Waals surface area (Å²) in [6.45, 7) is 1.83. The zero-order chi connectivity index (χ0) is 20.8. The molecule has 0 radical (unpaired) electrons. The van der Waals surface area contributed by atoms with Gasteiger partial charge in [-0.3, -0.25) is 4.79 Å². The second-order valence-electron chi connectivity index (χ2n) is 8.30. The number of H-pyrrole nitrogens is 1. The number of benzene rings is 3. The largest absolute Gasteiger partial charge is 0.370 e. The second-order valence-corrected chi connectivity index (χ2v) is 9.21. The molecule has 2 aromatic heterocycles. The summed E-state index contributed by atoms with van der Waals surface area (Å²) in [6, 6.07) is 23.0. The van der Waals surface area contributed by atoms with Gasteiger partial charge in [0.05, 0.1) is 5.69 Å². The Morgan fingerprint density at radius 1 is 0.903 bits per heavy atom. The van der Waals surface area contributed by atoms with Crippen molar-refractivity contribution in [3.63, 3.8) is 0 Å². The van der Waals surface area contributed by atoms with E-state index in [4.69, 9.17) is 0 Å². The van der Waals surface area contributed by atoms with Crippen molar-refractivity contribution < 1.29 is 4.79 Å². The number of para-hydroxylation sites is 1. The highest BCUT2D eigenvalue weighted by molar-refractivity contribution is 7.17. The molecular formula is C26H23N3OS. The Labute approximate surface area is 184 Å². The van der Waals surface area contributed by atoms with Crippen LogP contribution in [0.4, 0.5) is 11.4 Å². The standard InChI is InChI=1S/C26H23N3OS/c30-26(27-18-9-10-23-21(15-18)19-5-1-3-7-22(19)28-23)17-11-13-29(14-12-17)24-16-31-25-8-4-2-6-20(24)25/h1-10,15-17,28H,11-14H2,(H,27,30). The van der Waals surface area contributed by atoms with Gasteiger partial charge in [0.15, 0.2) is 0 Å². The third-order valence-corrected chi connectivity index (χ3v) is 7.39. The molecule has 0 bridgehead atoms. The number of aromatic nitrogens is 1. The highest BCUT2D eigenvalue weighted by Gasteiger charge is 2.26. The molecule has 1 amide bonds. The van der Waals surface area contributed by atoms with E-state index < -0.39 is 0 Å². The first kappa shape index (κ1) is 18.5. The monoisotopic (exact) mass is 425 g/mol. The van der Waals surface area contributed by atoms with Gasteiger partial charge in [-0.05, 0) is 43.2 Å². The third kappa shape index (κ3) is 3.26. The number of hydrogen-bond donors (Lipinski definition) is 2. The van der Waals surface area contributed by atoms with E-state index in [2.05, 4.69) is 69.1 Å². The van der Waals surface area contributed by atoms with Gasteiger partial charge in [0, 0.05) is 62.0 Å². The number of hydrogen-bond acceptors (Lipinski definition) is 3. The number of nitrogens with zero attached hydrogens (tertiary/aromatic N) is 1. The summed E-state index contributed by atoms with van der Waals surface area (Å²) in [5.74, 6) is 0.189. The van der Waals surface area contributed by atoms with Gasteiger partial charge in [0.2, 0.25) is 5.91 Å². The van der Waals surface area contributed by atoms with Crippen LogP contribution in [0.1, 0.15) is 12.8 Å². The zero-order valence-electron chi connectivity index (χ0n) is 17.1. The fourth-order valence-electron chi connectivity index (χ4n) is 4.76. The Morgan fingerprint density at radius 3 is 2.52 bits per heavy atom. The predicted molar refractivity (Wildman–Crippen MR) is 131 cm³/mol. The molecule has 0 spiro atoms. The lowest BCUT2D eigenvalue weighted by Gasteiger charge is -2.32. The number of amides is 1. The number of fused-ring (bicyclic) bond motifs is 4. The predicted octanol–water partition coefficient (Wildman–Crippen LogP) is 6.39. The summed E-state index contributed by atoms with van der Waals surface area (Å²) in [5.41, 5.74) is 4.39. The number of nitrogens with one attached hydrogen (secondary N) is 2. The molecule has 5 aromatic rings. The van der Waals surface area contributed by atoms with Crippen LogP contribution in [0.5, 0.6) is 0 Å². The Bertz CT molecular complexity index is 1410. The molecule has 154 valence electrons. The van der Waals surface area contributed by atoms with E-state index in [0.29, 0.717) is 0 Å². The fraction of sp³-hybridized carbons (Fsp3) is 0.192. The molecule has 0 atom stereocenters. The van der Waals surface area contributed by atoms with Gasteiger partial charge in [-0.25, -0.2) is 0 Å². The van der Waals surface area contributed by atoms with Crippen LogP contribution < -0.4 is 10.2 Å². The van der Waals surface area contributed by atoms with Crippen molar-refractivity contribution in [2.75, 3.05) is 23.3 Å². The van der Waals surface area contributed by atoms with Crippen molar-refractivity contribution in [2.45, 2.75) is 12.8 Å². The molecule has 2 N–H and O–H groups in total. The summed E-state index contributed by atoms with van der Waals surface area (Å²) in [6.07, 6.45) is 1.76. The molecule has 3 heterocycles. The molecule has 31 heavy (non-hydrogen) atoms. The van der Waals surface area contributed by atoms with E-state index in [1.165, 1.54) is 21.2 Å². The average molecular weight is 426 g/mol. The normalized spacial score (nSPS) is 15.2. The Kier molecular flexibility index (Phi) is 4.42. The maximum atomic E-state index is 13.0. The van der Waals surface area contributed by atoms with Crippen molar-refractivity contribution in [1.29, 1.82) is 0 Å². The van der Waals surface area contributed by atoms with Crippen LogP contribution in [0, 0.1) is 5.92 Å². The average Bonchev–Trinajstić information content (AvgIpc) is 3.40. The number of thiophene rings is 1. The van der Waals surface area contributed by atoms with Crippen molar-refractivity contribution in [2.24, 2.45) is 5.92 Å². The van der Waals surface area contributed by atoms with Crippen molar-refractivity contribution in [3.8, 4) is 0 Å². The Hall–Kier alpha value is -3.31. The molecule has 1 fully saturated rings. The van der Waals surface area contributed by atoms with Gasteiger partial charge >= 0.3 is 0 Å². The fourth-order valence-corrected chi connectivity index (χ4v) is 5.73. The Morgan fingerprint density at radius 2 is 1.65 bits per heavy atom. The van der Waals surface area contributed by atoms with Crippen molar-refractivity contribution in [1.82, 2.24) is 4.98 Å². The van der Waals surface area contributed by atoms with Gasteiger partial charge in [-0.1, -0.05) is 36.4 Å². The molecule has 3 aromatic carbocycles. The molecular weight excluding hydrogens is 402 g/mol. The highest BCUT2D eigenvalue weighted by atomic mass is 32.1. The highest BCUT2D eigenvalue weighted by Crippen LogP contribution is 2.35. The van der Waals surface area contributed by atoms with Gasteiger partial charge in [0.1, 0.15) is 0 Å². The topological polar surface area (TPSA) is 48.1 Å². The molecule has 1 aliphatic heterocycles. The third-order valence-electron chi connectivity index (χ3n) is 6.44. The van der Waals surface area contributed by atoms with E-state index in [1.807, 2.05) is 18.2 Å². The molecule has 6 rings (SSSR count). The summed E-state index contributed by atoms with van der Waals surface area (Å²) in [4.78, 5) is 18.8. The number of aromatic amines is 1. The lowest BCUT2D eigenvalue weighted by Crippen LogP contribution is -2.38. The lowest BCUT2D eigenvalue weighted by molar-refractivity contribution is -0.120. The molecule has 0 saturated carbocycles. The number of rotatable bonds is 3. The quantitative estimate of drug-likeness (QED) is 0.352. The minimum atomic E-state index is 0.0554. The maximum absolute atomic E-state index is 13.0. The van der Waals surface area contributed by atoms with Crippen LogP contribution >= 0.6 is 11.3 Å². The number of carbonyl (C=O) groups is 1. The van der Waals surface area contributed by atoms with Gasteiger partial charge in [0.25, 0.3) is 0 Å². The molecule has 0 aliphatic carbocycles. The first-order chi connectivity index (χ1) is 15.3. The summed E-state index contributed by atoms with van der Waals surface area (Å²) in [7, 11) is 0. The lowest BCUT2D eigenvalue weighted by atomic mass is 9.95. The van der Waals surface area contributed by atoms with E-state index in [-0.39, 0.29) is 11.8 Å². The second kappa shape index (κ2) is 7.43. The van der Waals surface area contributed by atoms with E-state index in [0.717, 1.165) is 48.0 Å². The SMILES string of the molecule is O=C(Nc1ccc2[nH]c3ccccc3c2c1)C1CCN(c2csc3ccccc23)CC1. The van der Waals surface area contributed by atoms with Crippen LogP contribution in [-0.2, 0) is 4.79 Å². The van der Waals surface area contributed by atoms with E-state index >= 15 is 0 Å². The van der Waals surface area contributed by atoms with Gasteiger partial charge in [-0.15, -0.1) is 11.3 Å². The number of piperidine rings is 1. The van der Waals surface area contributed by atoms with Gasteiger partial charge in [-0.2, -0.15) is 0 Å². The van der Waals surface area contributed by atoms with Crippen LogP contribution in [-0.4, -0.2) is 24.0 Å². The summed E-state index contributed by atoms with van der Waals surface area (Å²) in [5, 5.41) is 9.07. The zero-order valence-corrected chi connectivity index (χ0v) is 17.9. The first-order valence-corrected chi connectivity index (χ1v) is 11.7. The van der Waals surface area contributed by atoms with Crippen molar-refractivity contribution in [3.05, 3.63) is 72.1 Å². The van der Waals surface area contributed by atoms with Crippen LogP contribution in [0.25, 0.3) is 31.9 Å². The van der Waals surface area contributed by atoms with Gasteiger partial charge < -0.3 is 15.2 Å². The molecule has 5 heteroatoms. The number of carbonyl (C=O) groups excluding carboxylic acids is 1. The molecule has 1 aliphatic rings. The first-order valence-electron chi connectivity index (χ1n) is 10.8. The van der Waals surface area contributed by atoms with Crippen molar-refractivity contribution >= 4 is 60.5 Å².